The van der Waals surface area contributed by atoms with Crippen molar-refractivity contribution in [2.24, 2.45) is 0 Å². The molecule has 0 saturated carbocycles. The standard InChI is InChI=1S/C14H16BrN3O2S/c1-3-4-12-16-17-14(21-8-13(19)20)18(12)10-5-6-11(15)9(2)7-10/h5-7H,3-4,8H2,1-2H3,(H,19,20). The Hall–Kier alpha value is -1.34. The first kappa shape index (κ1) is 16.0. The van der Waals surface area contributed by atoms with Crippen molar-refractivity contribution in [2.75, 3.05) is 5.75 Å². The molecule has 1 heterocycles. The van der Waals surface area contributed by atoms with E-state index < -0.39 is 5.97 Å². The molecule has 0 saturated heterocycles. The third-order valence-corrected chi connectivity index (χ3v) is 4.70. The molecule has 0 aliphatic carbocycles. The Labute approximate surface area is 135 Å². The number of halogens is 1. The molecule has 0 spiro atoms. The molecule has 2 rings (SSSR count). The van der Waals surface area contributed by atoms with Crippen molar-refractivity contribution in [1.29, 1.82) is 0 Å². The molecule has 0 unspecified atom stereocenters. The van der Waals surface area contributed by atoms with Crippen molar-refractivity contribution >= 4 is 33.7 Å². The first-order valence-corrected chi connectivity index (χ1v) is 8.36. The second-order valence-corrected chi connectivity index (χ2v) is 6.40. The number of aliphatic carboxylic acids is 1. The van der Waals surface area contributed by atoms with E-state index in [9.17, 15) is 4.79 Å². The van der Waals surface area contributed by atoms with E-state index in [1.165, 1.54) is 11.8 Å². The van der Waals surface area contributed by atoms with Crippen molar-refractivity contribution in [3.63, 3.8) is 0 Å². The fourth-order valence-electron chi connectivity index (χ4n) is 1.93. The van der Waals surface area contributed by atoms with Crippen LogP contribution in [-0.4, -0.2) is 31.6 Å². The van der Waals surface area contributed by atoms with Crippen LogP contribution < -0.4 is 0 Å². The predicted molar refractivity (Wildman–Crippen MR) is 86.2 cm³/mol. The van der Waals surface area contributed by atoms with Gasteiger partial charge in [0, 0.05) is 16.6 Å². The van der Waals surface area contributed by atoms with Gasteiger partial charge in [-0.3, -0.25) is 9.36 Å². The number of hydrogen-bond donors (Lipinski definition) is 1. The summed E-state index contributed by atoms with van der Waals surface area (Å²) >= 11 is 4.67. The normalized spacial score (nSPS) is 10.8. The monoisotopic (exact) mass is 369 g/mol. The quantitative estimate of drug-likeness (QED) is 0.789. The Morgan fingerprint density at radius 2 is 2.19 bits per heavy atom. The Morgan fingerprint density at radius 1 is 1.43 bits per heavy atom. The lowest BCUT2D eigenvalue weighted by Crippen LogP contribution is -2.05. The molecule has 0 fully saturated rings. The van der Waals surface area contributed by atoms with Crippen molar-refractivity contribution in [2.45, 2.75) is 31.8 Å². The molecule has 112 valence electrons. The molecule has 0 aliphatic rings. The van der Waals surface area contributed by atoms with Crippen LogP contribution in [0.15, 0.2) is 27.8 Å². The van der Waals surface area contributed by atoms with E-state index in [0.29, 0.717) is 5.16 Å². The minimum Gasteiger partial charge on any atom is -0.481 e. The van der Waals surface area contributed by atoms with Crippen LogP contribution in [0.4, 0.5) is 0 Å². The Kier molecular flexibility index (Phi) is 5.41. The Morgan fingerprint density at radius 3 is 2.81 bits per heavy atom. The maximum absolute atomic E-state index is 10.8. The number of hydrogen-bond acceptors (Lipinski definition) is 4. The summed E-state index contributed by atoms with van der Waals surface area (Å²) < 4.78 is 2.98. The fraction of sp³-hybridized carbons (Fsp3) is 0.357. The van der Waals surface area contributed by atoms with Gasteiger partial charge in [-0.25, -0.2) is 0 Å². The van der Waals surface area contributed by atoms with E-state index >= 15 is 0 Å². The minimum absolute atomic E-state index is 0.0280. The molecule has 7 heteroatoms. The molecule has 2 aromatic rings. The van der Waals surface area contributed by atoms with Gasteiger partial charge < -0.3 is 5.11 Å². The second-order valence-electron chi connectivity index (χ2n) is 4.60. The van der Waals surface area contributed by atoms with Crippen LogP contribution in [0.3, 0.4) is 0 Å². The molecule has 0 atom stereocenters. The van der Waals surface area contributed by atoms with E-state index in [1.807, 2.05) is 29.7 Å². The summed E-state index contributed by atoms with van der Waals surface area (Å²) in [5, 5.41) is 17.8. The zero-order valence-corrected chi connectivity index (χ0v) is 14.2. The molecule has 5 nitrogen and oxygen atoms in total. The van der Waals surface area contributed by atoms with Gasteiger partial charge in [0.1, 0.15) is 5.82 Å². The molecule has 21 heavy (non-hydrogen) atoms. The molecule has 0 amide bonds. The van der Waals surface area contributed by atoms with Gasteiger partial charge in [-0.1, -0.05) is 34.6 Å². The number of aromatic nitrogens is 3. The van der Waals surface area contributed by atoms with Crippen LogP contribution in [0.1, 0.15) is 24.7 Å². The smallest absolute Gasteiger partial charge is 0.313 e. The summed E-state index contributed by atoms with van der Waals surface area (Å²) in [6.45, 7) is 4.09. The van der Waals surface area contributed by atoms with Gasteiger partial charge in [0.25, 0.3) is 0 Å². The van der Waals surface area contributed by atoms with Crippen LogP contribution >= 0.6 is 27.7 Å². The van der Waals surface area contributed by atoms with E-state index in [1.54, 1.807) is 0 Å². The zero-order valence-electron chi connectivity index (χ0n) is 11.8. The fourth-order valence-corrected chi connectivity index (χ4v) is 2.87. The molecular weight excluding hydrogens is 354 g/mol. The van der Waals surface area contributed by atoms with Gasteiger partial charge in [-0.2, -0.15) is 0 Å². The topological polar surface area (TPSA) is 68.0 Å². The number of carbonyl (C=O) groups is 1. The number of benzene rings is 1. The lowest BCUT2D eigenvalue weighted by Gasteiger charge is -2.11. The van der Waals surface area contributed by atoms with Crippen LogP contribution in [-0.2, 0) is 11.2 Å². The molecule has 1 aromatic carbocycles. The van der Waals surface area contributed by atoms with E-state index in [0.717, 1.165) is 34.4 Å². The highest BCUT2D eigenvalue weighted by Gasteiger charge is 2.15. The van der Waals surface area contributed by atoms with Gasteiger partial charge in [0.05, 0.1) is 5.75 Å². The number of aryl methyl sites for hydroxylation is 2. The molecule has 0 bridgehead atoms. The third kappa shape index (κ3) is 3.85. The predicted octanol–water partition coefficient (Wildman–Crippen LogP) is 3.47. The average Bonchev–Trinajstić information content (AvgIpc) is 2.83. The summed E-state index contributed by atoms with van der Waals surface area (Å²) in [6.07, 6.45) is 1.76. The summed E-state index contributed by atoms with van der Waals surface area (Å²) in [4.78, 5) is 10.8. The van der Waals surface area contributed by atoms with Crippen molar-refractivity contribution in [3.05, 3.63) is 34.1 Å². The molecular formula is C14H16BrN3O2S. The molecule has 0 radical (unpaired) electrons. The Balaban J connectivity index is 2.44. The maximum atomic E-state index is 10.8. The van der Waals surface area contributed by atoms with E-state index in [4.69, 9.17) is 5.11 Å². The lowest BCUT2D eigenvalue weighted by molar-refractivity contribution is -0.133. The number of thioether (sulfide) groups is 1. The highest BCUT2D eigenvalue weighted by molar-refractivity contribution is 9.10. The average molecular weight is 370 g/mol. The number of nitrogens with zero attached hydrogens (tertiary/aromatic N) is 3. The SMILES string of the molecule is CCCc1nnc(SCC(=O)O)n1-c1ccc(Br)c(C)c1. The van der Waals surface area contributed by atoms with Crippen LogP contribution in [0.5, 0.6) is 0 Å². The molecule has 1 aromatic heterocycles. The van der Waals surface area contributed by atoms with Crippen LogP contribution in [0.2, 0.25) is 0 Å². The van der Waals surface area contributed by atoms with E-state index in [2.05, 4.69) is 33.1 Å². The molecule has 1 N–H and O–H groups in total. The van der Waals surface area contributed by atoms with Gasteiger partial charge in [-0.15, -0.1) is 10.2 Å². The second kappa shape index (κ2) is 7.09. The first-order valence-electron chi connectivity index (χ1n) is 6.58. The summed E-state index contributed by atoms with van der Waals surface area (Å²) in [5.74, 6) is -0.0366. The lowest BCUT2D eigenvalue weighted by atomic mass is 10.2. The molecule has 0 aliphatic heterocycles. The van der Waals surface area contributed by atoms with Crippen molar-refractivity contribution in [1.82, 2.24) is 14.8 Å². The maximum Gasteiger partial charge on any atom is 0.313 e. The largest absolute Gasteiger partial charge is 0.481 e. The third-order valence-electron chi connectivity index (χ3n) is 2.90. The van der Waals surface area contributed by atoms with Gasteiger partial charge in [0.15, 0.2) is 5.16 Å². The Bertz CT molecular complexity index is 658. The van der Waals surface area contributed by atoms with Crippen LogP contribution in [0, 0.1) is 6.92 Å². The highest BCUT2D eigenvalue weighted by Crippen LogP contribution is 2.25. The number of rotatable bonds is 6. The highest BCUT2D eigenvalue weighted by atomic mass is 79.9. The summed E-state index contributed by atoms with van der Waals surface area (Å²) in [7, 11) is 0. The van der Waals surface area contributed by atoms with Gasteiger partial charge in [0.2, 0.25) is 0 Å². The van der Waals surface area contributed by atoms with E-state index in [-0.39, 0.29) is 5.75 Å². The number of carboxylic acid groups (broad SMARTS) is 1. The van der Waals surface area contributed by atoms with Crippen molar-refractivity contribution in [3.8, 4) is 5.69 Å². The summed E-state index contributed by atoms with van der Waals surface area (Å²) in [6, 6.07) is 5.99. The number of carboxylic acids is 1. The zero-order chi connectivity index (χ0) is 15.4. The van der Waals surface area contributed by atoms with Crippen molar-refractivity contribution < 1.29 is 9.90 Å². The first-order chi connectivity index (χ1) is 10.0. The van der Waals surface area contributed by atoms with Crippen LogP contribution in [0.25, 0.3) is 5.69 Å². The van der Waals surface area contributed by atoms with Gasteiger partial charge in [-0.05, 0) is 37.1 Å². The minimum atomic E-state index is -0.862. The summed E-state index contributed by atoms with van der Waals surface area (Å²) in [5.41, 5.74) is 2.06. The van der Waals surface area contributed by atoms with Gasteiger partial charge >= 0.3 is 5.97 Å².